The molecule has 0 aliphatic carbocycles. The van der Waals surface area contributed by atoms with E-state index in [-0.39, 0.29) is 0 Å². The summed E-state index contributed by atoms with van der Waals surface area (Å²) in [5.41, 5.74) is 19.0. The Labute approximate surface area is 360 Å². The Morgan fingerprint density at radius 2 is 1.24 bits per heavy atom. The van der Waals surface area contributed by atoms with Crippen molar-refractivity contribution < 1.29 is 4.79 Å². The molecule has 1 unspecified atom stereocenters. The molecule has 5 aromatic carbocycles. The van der Waals surface area contributed by atoms with Crippen molar-refractivity contribution in [2.45, 2.75) is 25.5 Å². The number of thioether (sulfide) groups is 1. The number of anilines is 4. The minimum Gasteiger partial charge on any atom is -0.396 e. The molecule has 1 aliphatic heterocycles. The predicted molar refractivity (Wildman–Crippen MR) is 255 cm³/mol. The highest BCUT2D eigenvalue weighted by atomic mass is 32.2. The fourth-order valence-electron chi connectivity index (χ4n) is 7.43. The lowest BCUT2D eigenvalue weighted by atomic mass is 10.0. The van der Waals surface area contributed by atoms with E-state index in [2.05, 4.69) is 151 Å². The van der Waals surface area contributed by atoms with Gasteiger partial charge in [0, 0.05) is 85.6 Å². The molecule has 58 heavy (non-hydrogen) atoms. The van der Waals surface area contributed by atoms with Crippen molar-refractivity contribution in [2.24, 2.45) is 4.36 Å². The Balaban J connectivity index is 0.931. The van der Waals surface area contributed by atoms with Crippen molar-refractivity contribution >= 4 is 97.8 Å². The van der Waals surface area contributed by atoms with Crippen molar-refractivity contribution in [1.82, 2.24) is 0 Å². The molecule has 0 amide bonds. The molecule has 0 spiro atoms. The Morgan fingerprint density at radius 1 is 0.655 bits per heavy atom. The number of hydrogen-bond acceptors (Lipinski definition) is 9. The summed E-state index contributed by atoms with van der Waals surface area (Å²) >= 11 is 12.6. The fraction of sp³-hybridized carbons (Fsp3) is 0.0816. The smallest absolute Gasteiger partial charge is 0.150 e. The quantitative estimate of drug-likeness (QED) is 0.104. The SMILES string of the molecule is Cc1cc(-c2ccc(-c3cc(C)c(-c4ccc(-c5ccc(C=O)cc5)s4)s3)c(N=S)c2N)sc1C1=CCC(c2ccc(N(c3ccccc3)c3ccccc3)cc2)S1. The number of rotatable bonds is 11. The predicted octanol–water partition coefficient (Wildman–Crippen LogP) is 15.6. The molecule has 9 rings (SSSR count). The van der Waals surface area contributed by atoms with Crippen molar-refractivity contribution in [2.75, 3.05) is 10.6 Å². The zero-order valence-electron chi connectivity index (χ0n) is 31.7. The van der Waals surface area contributed by atoms with Gasteiger partial charge in [-0.2, -0.15) is 4.36 Å². The van der Waals surface area contributed by atoms with Gasteiger partial charge in [-0.1, -0.05) is 91.0 Å². The zero-order valence-corrected chi connectivity index (χ0v) is 35.8. The minimum absolute atomic E-state index is 0.348. The highest BCUT2D eigenvalue weighted by Gasteiger charge is 2.25. The first-order valence-electron chi connectivity index (χ1n) is 18.9. The van der Waals surface area contributed by atoms with Crippen LogP contribution >= 0.6 is 45.8 Å². The van der Waals surface area contributed by atoms with Gasteiger partial charge in [-0.05, 0) is 103 Å². The van der Waals surface area contributed by atoms with Crippen LogP contribution in [0.25, 0.3) is 46.0 Å². The Bertz CT molecular complexity index is 2760. The maximum atomic E-state index is 11.1. The number of carbonyl (C=O) groups is 1. The Morgan fingerprint density at radius 3 is 1.90 bits per heavy atom. The first kappa shape index (κ1) is 38.1. The summed E-state index contributed by atoms with van der Waals surface area (Å²) in [7, 11) is 0. The maximum absolute atomic E-state index is 11.1. The normalized spacial score (nSPS) is 13.7. The monoisotopic (exact) mass is 843 g/mol. The van der Waals surface area contributed by atoms with E-state index in [0.717, 1.165) is 61.1 Å². The molecule has 0 saturated carbocycles. The Hall–Kier alpha value is -5.42. The molecule has 9 heteroatoms. The number of thiophene rings is 3. The van der Waals surface area contributed by atoms with Crippen LogP contribution in [0.2, 0.25) is 0 Å². The lowest BCUT2D eigenvalue weighted by Crippen LogP contribution is -2.09. The number of nitrogens with two attached hydrogens (primary N) is 1. The van der Waals surface area contributed by atoms with E-state index < -0.39 is 0 Å². The lowest BCUT2D eigenvalue weighted by Gasteiger charge is -2.25. The molecule has 4 heterocycles. The summed E-state index contributed by atoms with van der Waals surface area (Å²) < 4.78 is 4.33. The number of aryl methyl sites for hydroxylation is 2. The number of para-hydroxylation sites is 2. The summed E-state index contributed by atoms with van der Waals surface area (Å²) in [6, 6.07) is 50.8. The number of nitrogen functional groups attached to an aromatic ring is 1. The van der Waals surface area contributed by atoms with Gasteiger partial charge in [-0.3, -0.25) is 4.79 Å². The minimum atomic E-state index is 0.348. The highest BCUT2D eigenvalue weighted by Crippen LogP contribution is 2.53. The molecular formula is C49H37N3OS5. The zero-order chi connectivity index (χ0) is 39.8. The molecule has 3 aromatic heterocycles. The van der Waals surface area contributed by atoms with E-state index in [0.29, 0.717) is 22.2 Å². The topological polar surface area (TPSA) is 58.7 Å². The third kappa shape index (κ3) is 7.40. The average Bonchev–Trinajstić information content (AvgIpc) is 4.09. The van der Waals surface area contributed by atoms with Gasteiger partial charge in [-0.15, -0.1) is 45.8 Å². The van der Waals surface area contributed by atoms with Gasteiger partial charge in [0.1, 0.15) is 12.0 Å². The second-order valence-electron chi connectivity index (χ2n) is 14.2. The van der Waals surface area contributed by atoms with Gasteiger partial charge in [0.25, 0.3) is 0 Å². The number of aldehydes is 1. The van der Waals surface area contributed by atoms with Crippen molar-refractivity contribution in [1.29, 1.82) is 0 Å². The molecule has 0 fully saturated rings. The van der Waals surface area contributed by atoms with Crippen LogP contribution in [0, 0.1) is 13.8 Å². The molecular weight excluding hydrogens is 807 g/mol. The van der Waals surface area contributed by atoms with E-state index >= 15 is 0 Å². The molecule has 0 radical (unpaired) electrons. The summed E-state index contributed by atoms with van der Waals surface area (Å²) in [4.78, 5) is 21.8. The van der Waals surface area contributed by atoms with E-state index in [1.807, 2.05) is 36.0 Å². The van der Waals surface area contributed by atoms with E-state index in [9.17, 15) is 4.79 Å². The van der Waals surface area contributed by atoms with Crippen LogP contribution < -0.4 is 10.6 Å². The van der Waals surface area contributed by atoms with Gasteiger partial charge >= 0.3 is 0 Å². The summed E-state index contributed by atoms with van der Waals surface area (Å²) in [5, 5.41) is 0.348. The average molecular weight is 844 g/mol. The third-order valence-electron chi connectivity index (χ3n) is 10.4. The maximum Gasteiger partial charge on any atom is 0.150 e. The van der Waals surface area contributed by atoms with Crippen LogP contribution in [0.4, 0.5) is 28.4 Å². The summed E-state index contributed by atoms with van der Waals surface area (Å²) in [5.74, 6) is 0. The number of allylic oxidation sites excluding steroid dienone is 1. The number of benzene rings is 5. The molecule has 1 atom stereocenters. The fourth-order valence-corrected chi connectivity index (χ4v) is 12.7. The van der Waals surface area contributed by atoms with Crippen LogP contribution in [-0.4, -0.2) is 6.29 Å². The van der Waals surface area contributed by atoms with Crippen LogP contribution in [0.1, 0.15) is 43.6 Å². The van der Waals surface area contributed by atoms with E-state index in [1.54, 1.807) is 34.0 Å². The lowest BCUT2D eigenvalue weighted by molar-refractivity contribution is 0.112. The van der Waals surface area contributed by atoms with Crippen LogP contribution in [0.5, 0.6) is 0 Å². The largest absolute Gasteiger partial charge is 0.396 e. The van der Waals surface area contributed by atoms with Crippen LogP contribution in [0.15, 0.2) is 156 Å². The summed E-state index contributed by atoms with van der Waals surface area (Å²) in [6.45, 7) is 4.34. The molecule has 1 aliphatic rings. The van der Waals surface area contributed by atoms with Gasteiger partial charge in [-0.25, -0.2) is 0 Å². The van der Waals surface area contributed by atoms with Gasteiger partial charge in [0.2, 0.25) is 0 Å². The van der Waals surface area contributed by atoms with Crippen molar-refractivity contribution in [3.05, 3.63) is 179 Å². The van der Waals surface area contributed by atoms with Crippen molar-refractivity contribution in [3.8, 4) is 41.1 Å². The second kappa shape index (κ2) is 16.4. The molecule has 2 N–H and O–H groups in total. The molecule has 8 aromatic rings. The number of carbonyl (C=O) groups excluding carboxylic acids is 1. The van der Waals surface area contributed by atoms with Crippen molar-refractivity contribution in [3.63, 3.8) is 0 Å². The highest BCUT2D eigenvalue weighted by molar-refractivity contribution is 8.09. The summed E-state index contributed by atoms with van der Waals surface area (Å²) in [6.07, 6.45) is 4.24. The van der Waals surface area contributed by atoms with Gasteiger partial charge < -0.3 is 10.6 Å². The second-order valence-corrected chi connectivity index (χ2v) is 18.8. The number of hydrogen-bond donors (Lipinski definition) is 1. The van der Waals surface area contributed by atoms with Crippen LogP contribution in [0.3, 0.4) is 0 Å². The van der Waals surface area contributed by atoms with Gasteiger partial charge in [0.05, 0.1) is 5.69 Å². The van der Waals surface area contributed by atoms with Gasteiger partial charge in [0.15, 0.2) is 0 Å². The molecule has 0 bridgehead atoms. The molecule has 284 valence electrons. The first-order valence-corrected chi connectivity index (χ1v) is 22.6. The van der Waals surface area contributed by atoms with E-state index in [4.69, 9.17) is 18.2 Å². The standard InChI is InChI=1S/C49H37N3OS5/c1-30-27-44(57-48(30)42-26-24-41(56-42)34-17-19-37(20-18-34)52(35-9-5-3-6-10-35)36-11-7-4-8-12-36)38-21-22-39(47(51-54)46(38)50)45-28-31(2)49(58-45)43-25-23-40(55-43)33-15-13-32(29-53)14-16-33/h3-23,25-29,41H,24,50H2,1-2H3. The van der Waals surface area contributed by atoms with Crippen LogP contribution in [-0.2, 0) is 12.4 Å². The molecule has 0 saturated heterocycles. The number of nitrogens with zero attached hydrogens (tertiary/aromatic N) is 2. The first-order chi connectivity index (χ1) is 28.4. The molecule has 4 nitrogen and oxygen atoms in total. The van der Waals surface area contributed by atoms with E-state index in [1.165, 1.54) is 36.2 Å². The third-order valence-corrected chi connectivity index (χ3v) is 16.0. The Kier molecular flexibility index (Phi) is 10.8.